The smallest absolute Gasteiger partial charge is 0.407 e. The highest BCUT2D eigenvalue weighted by Crippen LogP contribution is 2.29. The molecule has 0 heterocycles. The van der Waals surface area contributed by atoms with Gasteiger partial charge in [-0.3, -0.25) is 4.79 Å². The quantitative estimate of drug-likeness (QED) is 0.485. The summed E-state index contributed by atoms with van der Waals surface area (Å²) < 4.78 is 25.3. The summed E-state index contributed by atoms with van der Waals surface area (Å²) in [4.78, 5) is 23.7. The molecule has 1 aliphatic rings. The first-order valence-corrected chi connectivity index (χ1v) is 11.2. The summed E-state index contributed by atoms with van der Waals surface area (Å²) in [7, 11) is 1.37. The molecule has 0 aromatic rings. The van der Waals surface area contributed by atoms with Crippen LogP contribution in [0.2, 0.25) is 0 Å². The number of carbonyl (C=O) groups is 2. The zero-order valence-corrected chi connectivity index (χ0v) is 19.2. The highest BCUT2D eigenvalue weighted by molar-refractivity contribution is 7.90. The monoisotopic (exact) mass is 418 g/mol. The van der Waals surface area contributed by atoms with Gasteiger partial charge in [-0.2, -0.15) is 0 Å². The van der Waals surface area contributed by atoms with Crippen molar-refractivity contribution < 1.29 is 23.6 Å². The van der Waals surface area contributed by atoms with Crippen LogP contribution in [0, 0.1) is 5.92 Å². The van der Waals surface area contributed by atoms with Crippen LogP contribution in [0.3, 0.4) is 0 Å². The van der Waals surface area contributed by atoms with E-state index in [0.29, 0.717) is 5.92 Å². The molecule has 0 aromatic carbocycles. The second-order valence-corrected chi connectivity index (χ2v) is 11.6. The summed E-state index contributed by atoms with van der Waals surface area (Å²) in [6.07, 6.45) is 4.23. The first kappa shape index (κ1) is 25.0. The van der Waals surface area contributed by atoms with Crippen molar-refractivity contribution in [1.29, 1.82) is 0 Å². The molecule has 2 unspecified atom stereocenters. The average molecular weight is 419 g/mol. The van der Waals surface area contributed by atoms with Gasteiger partial charge in [0, 0.05) is 17.4 Å². The number of hydrogen-bond donors (Lipinski definition) is 2. The molecule has 164 valence electrons. The van der Waals surface area contributed by atoms with Crippen molar-refractivity contribution in [3.63, 3.8) is 0 Å². The second-order valence-electron chi connectivity index (χ2n) is 9.58. The van der Waals surface area contributed by atoms with E-state index in [2.05, 4.69) is 10.0 Å². The Hall–Kier alpha value is -0.990. The van der Waals surface area contributed by atoms with E-state index in [4.69, 9.17) is 9.47 Å². The summed E-state index contributed by atoms with van der Waals surface area (Å²) in [6, 6.07) is -0.0744. The molecule has 0 spiro atoms. The molecule has 28 heavy (non-hydrogen) atoms. The lowest BCUT2D eigenvalue weighted by Gasteiger charge is -2.33. The van der Waals surface area contributed by atoms with Crippen LogP contribution in [0.15, 0.2) is 0 Å². The van der Waals surface area contributed by atoms with Gasteiger partial charge in [-0.25, -0.2) is 4.79 Å². The predicted molar refractivity (Wildman–Crippen MR) is 111 cm³/mol. The lowest BCUT2D eigenvalue weighted by Crippen LogP contribution is -2.46. The van der Waals surface area contributed by atoms with Crippen LogP contribution >= 0.6 is 0 Å². The molecule has 1 aliphatic carbocycles. The number of esters is 1. The van der Waals surface area contributed by atoms with Gasteiger partial charge in [0.15, 0.2) is 0 Å². The molecule has 0 aromatic heterocycles. The third-order valence-corrected chi connectivity index (χ3v) is 6.32. The van der Waals surface area contributed by atoms with Gasteiger partial charge >= 0.3 is 12.1 Å². The summed E-state index contributed by atoms with van der Waals surface area (Å²) >= 11 is -1.25. The summed E-state index contributed by atoms with van der Waals surface area (Å²) in [6.45, 7) is 11.2. The van der Waals surface area contributed by atoms with Gasteiger partial charge in [0.1, 0.15) is 10.3 Å². The van der Waals surface area contributed by atoms with Crippen LogP contribution < -0.4 is 10.0 Å². The molecule has 0 radical (unpaired) electrons. The van der Waals surface area contributed by atoms with Gasteiger partial charge < -0.3 is 19.3 Å². The molecule has 8 heteroatoms. The van der Waals surface area contributed by atoms with Crippen LogP contribution in [-0.2, 0) is 25.6 Å². The van der Waals surface area contributed by atoms with Crippen molar-refractivity contribution in [3.05, 3.63) is 0 Å². The maximum atomic E-state index is 12.5. The number of hydrogen-bond acceptors (Lipinski definition) is 6. The molecule has 0 bridgehead atoms. The molecule has 2 atom stereocenters. The molecule has 1 saturated carbocycles. The largest absolute Gasteiger partial charge is 0.598 e. The van der Waals surface area contributed by atoms with Crippen LogP contribution in [0.5, 0.6) is 0 Å². The number of nitrogens with one attached hydrogen (secondary N) is 2. The van der Waals surface area contributed by atoms with E-state index in [9.17, 15) is 14.1 Å². The number of ether oxygens (including phenoxy) is 2. The molecule has 1 amide bonds. The Morgan fingerprint density at radius 3 is 2.14 bits per heavy atom. The number of carbonyl (C=O) groups excluding carboxylic acids is 2. The Bertz CT molecular complexity index is 508. The third kappa shape index (κ3) is 9.98. The van der Waals surface area contributed by atoms with E-state index in [1.165, 1.54) is 7.11 Å². The van der Waals surface area contributed by atoms with Crippen LogP contribution in [0.4, 0.5) is 4.79 Å². The van der Waals surface area contributed by atoms with Gasteiger partial charge in [-0.15, -0.1) is 4.72 Å². The Labute approximate surface area is 173 Å². The Morgan fingerprint density at radius 2 is 1.68 bits per heavy atom. The van der Waals surface area contributed by atoms with Gasteiger partial charge in [0.25, 0.3) is 0 Å². The number of alkyl carbamates (subject to hydrolysis) is 1. The fraction of sp³-hybridized carbons (Fsp3) is 0.900. The van der Waals surface area contributed by atoms with E-state index >= 15 is 0 Å². The van der Waals surface area contributed by atoms with Gasteiger partial charge in [-0.1, -0.05) is 0 Å². The fourth-order valence-electron chi connectivity index (χ4n) is 3.20. The van der Waals surface area contributed by atoms with Crippen molar-refractivity contribution in [3.8, 4) is 0 Å². The fourth-order valence-corrected chi connectivity index (χ4v) is 4.04. The Kier molecular flexibility index (Phi) is 9.56. The maximum absolute atomic E-state index is 12.5. The summed E-state index contributed by atoms with van der Waals surface area (Å²) in [5.41, 5.74) is -0.503. The third-order valence-electron chi connectivity index (χ3n) is 4.66. The van der Waals surface area contributed by atoms with E-state index in [-0.39, 0.29) is 30.6 Å². The van der Waals surface area contributed by atoms with Crippen molar-refractivity contribution >= 4 is 23.4 Å². The van der Waals surface area contributed by atoms with Crippen LogP contribution in [0.1, 0.15) is 80.1 Å². The first-order valence-electron chi connectivity index (χ1n) is 10.0. The minimum Gasteiger partial charge on any atom is -0.598 e. The van der Waals surface area contributed by atoms with Crippen molar-refractivity contribution in [1.82, 2.24) is 10.0 Å². The second kappa shape index (κ2) is 10.7. The number of methoxy groups -OCH3 is 1. The van der Waals surface area contributed by atoms with Crippen molar-refractivity contribution in [2.24, 2.45) is 5.92 Å². The topological polar surface area (TPSA) is 99.7 Å². The van der Waals surface area contributed by atoms with E-state index in [1.54, 1.807) is 0 Å². The lowest BCUT2D eigenvalue weighted by atomic mass is 9.82. The first-order chi connectivity index (χ1) is 12.8. The highest BCUT2D eigenvalue weighted by atomic mass is 32.2. The summed E-state index contributed by atoms with van der Waals surface area (Å²) in [5, 5.41) is 2.94. The SMILES string of the molecule is COC(=O)CC(CC1CCC(NC(=O)OC(C)(C)C)CC1)N[S+]([O-])C(C)(C)C. The Balaban J connectivity index is 2.53. The minimum atomic E-state index is -1.25. The molecular formula is C20H38N2O5S. The molecular weight excluding hydrogens is 380 g/mol. The zero-order valence-electron chi connectivity index (χ0n) is 18.4. The number of rotatable bonds is 7. The normalized spacial score (nSPS) is 22.9. The molecule has 7 nitrogen and oxygen atoms in total. The molecule has 2 N–H and O–H groups in total. The molecule has 0 aliphatic heterocycles. The molecule has 0 saturated heterocycles. The highest BCUT2D eigenvalue weighted by Gasteiger charge is 2.33. The minimum absolute atomic E-state index is 0.113. The van der Waals surface area contributed by atoms with Gasteiger partial charge in [0.2, 0.25) is 0 Å². The predicted octanol–water partition coefficient (Wildman–Crippen LogP) is 3.44. The standard InChI is InChI=1S/C20H38N2O5S/c1-19(2,3)27-18(24)21-15-10-8-14(9-11-15)12-16(13-17(23)26-7)22-28(25)20(4,5)6/h14-16,22H,8-13H2,1-7H3,(H,21,24). The van der Waals surface area contributed by atoms with Crippen molar-refractivity contribution in [2.75, 3.05) is 7.11 Å². The van der Waals surface area contributed by atoms with E-state index < -0.39 is 21.7 Å². The maximum Gasteiger partial charge on any atom is 0.407 e. The summed E-state index contributed by atoms with van der Waals surface area (Å²) in [5.74, 6) is 0.111. The molecule has 1 fully saturated rings. The zero-order chi connectivity index (χ0) is 21.5. The van der Waals surface area contributed by atoms with Crippen LogP contribution in [-0.4, -0.2) is 46.2 Å². The van der Waals surface area contributed by atoms with Gasteiger partial charge in [-0.05, 0) is 79.6 Å². The molecule has 1 rings (SSSR count). The van der Waals surface area contributed by atoms with Crippen molar-refractivity contribution in [2.45, 2.75) is 102 Å². The van der Waals surface area contributed by atoms with E-state index in [1.807, 2.05) is 41.5 Å². The van der Waals surface area contributed by atoms with Gasteiger partial charge in [0.05, 0.1) is 19.6 Å². The lowest BCUT2D eigenvalue weighted by molar-refractivity contribution is -0.141. The van der Waals surface area contributed by atoms with Crippen LogP contribution in [0.25, 0.3) is 0 Å². The Morgan fingerprint density at radius 1 is 1.11 bits per heavy atom. The van der Waals surface area contributed by atoms with E-state index in [0.717, 1.165) is 32.1 Å². The average Bonchev–Trinajstić information content (AvgIpc) is 2.53. The number of amides is 1.